The summed E-state index contributed by atoms with van der Waals surface area (Å²) in [7, 11) is 0. The number of nitrogens with zero attached hydrogens (tertiary/aromatic N) is 2. The van der Waals surface area contributed by atoms with Crippen molar-refractivity contribution in [2.24, 2.45) is 0 Å². The lowest BCUT2D eigenvalue weighted by Crippen LogP contribution is -2.19. The van der Waals surface area contributed by atoms with E-state index >= 15 is 0 Å². The molecule has 0 amide bonds. The van der Waals surface area contributed by atoms with Gasteiger partial charge in [0.05, 0.1) is 11.0 Å². The van der Waals surface area contributed by atoms with Gasteiger partial charge in [-0.05, 0) is 64.4 Å². The molecular weight excluding hydrogens is 420 g/mol. The van der Waals surface area contributed by atoms with Crippen molar-refractivity contribution in [3.8, 4) is 0 Å². The van der Waals surface area contributed by atoms with Crippen LogP contribution in [0.5, 0.6) is 0 Å². The number of aryl methyl sites for hydroxylation is 1. The van der Waals surface area contributed by atoms with Gasteiger partial charge in [-0.15, -0.1) is 0 Å². The van der Waals surface area contributed by atoms with Gasteiger partial charge >= 0.3 is 0 Å². The Balaban J connectivity index is 1.68. The minimum Gasteiger partial charge on any atom is -0.332 e. The first-order valence-electron chi connectivity index (χ1n) is 7.62. The molecule has 4 nitrogen and oxygen atoms in total. The van der Waals surface area contributed by atoms with Gasteiger partial charge in [0.15, 0.2) is 10.9 Å². The number of hydrogen-bond donors (Lipinski definition) is 2. The van der Waals surface area contributed by atoms with Gasteiger partial charge in [-0.25, -0.2) is 0 Å². The van der Waals surface area contributed by atoms with Crippen LogP contribution in [0.3, 0.4) is 0 Å². The summed E-state index contributed by atoms with van der Waals surface area (Å²) < 4.78 is 2.64. The van der Waals surface area contributed by atoms with Crippen molar-refractivity contribution in [3.63, 3.8) is 0 Å². The van der Waals surface area contributed by atoms with Gasteiger partial charge < -0.3 is 10.6 Å². The van der Waals surface area contributed by atoms with Gasteiger partial charge in [-0.1, -0.05) is 41.9 Å². The quantitative estimate of drug-likeness (QED) is 0.534. The number of thiocarbonyl (C=S) groups is 1. The SMILES string of the molecule is Cc1cccc(NC(=S)Nc2nn(Cc3ccccc3Cl)cc2Br)c1. The van der Waals surface area contributed by atoms with Crippen molar-refractivity contribution in [3.05, 3.63) is 75.4 Å². The van der Waals surface area contributed by atoms with Crippen LogP contribution in [-0.4, -0.2) is 14.9 Å². The lowest BCUT2D eigenvalue weighted by Gasteiger charge is -2.09. The first kappa shape index (κ1) is 17.9. The Morgan fingerprint density at radius 2 is 2.00 bits per heavy atom. The Kier molecular flexibility index (Phi) is 5.73. The standard InChI is InChI=1S/C18H16BrClN4S/c1-12-5-4-7-14(9-12)21-18(25)22-17-15(19)11-24(23-17)10-13-6-2-3-8-16(13)20/h2-9,11H,10H2,1H3,(H2,21,22,23,25). The van der Waals surface area contributed by atoms with Crippen LogP contribution in [0.25, 0.3) is 0 Å². The zero-order valence-electron chi connectivity index (χ0n) is 13.5. The van der Waals surface area contributed by atoms with Crippen LogP contribution in [0.4, 0.5) is 11.5 Å². The fourth-order valence-corrected chi connectivity index (χ4v) is 3.18. The van der Waals surface area contributed by atoms with Crippen molar-refractivity contribution in [1.82, 2.24) is 9.78 Å². The third-order valence-corrected chi connectivity index (χ3v) is 4.67. The van der Waals surface area contributed by atoms with E-state index in [1.54, 1.807) is 0 Å². The summed E-state index contributed by atoms with van der Waals surface area (Å²) in [5.41, 5.74) is 3.10. The van der Waals surface area contributed by atoms with E-state index in [0.29, 0.717) is 17.5 Å². The van der Waals surface area contributed by atoms with Crippen molar-refractivity contribution in [1.29, 1.82) is 0 Å². The summed E-state index contributed by atoms with van der Waals surface area (Å²) >= 11 is 15.1. The molecule has 0 spiro atoms. The molecule has 0 bridgehead atoms. The molecule has 3 aromatic rings. The fourth-order valence-electron chi connectivity index (χ4n) is 2.36. The smallest absolute Gasteiger partial charge is 0.176 e. The van der Waals surface area contributed by atoms with Crippen molar-refractivity contribution >= 4 is 56.4 Å². The molecule has 0 fully saturated rings. The number of hydrogen-bond acceptors (Lipinski definition) is 2. The Labute approximate surface area is 165 Å². The maximum absolute atomic E-state index is 6.21. The molecule has 0 unspecified atom stereocenters. The maximum Gasteiger partial charge on any atom is 0.176 e. The van der Waals surface area contributed by atoms with Gasteiger partial charge in [0.1, 0.15) is 0 Å². The zero-order chi connectivity index (χ0) is 17.8. The predicted octanol–water partition coefficient (Wildman–Crippen LogP) is 5.46. The minimum atomic E-state index is 0.481. The number of benzene rings is 2. The van der Waals surface area contributed by atoms with Crippen LogP contribution in [0.15, 0.2) is 59.2 Å². The van der Waals surface area contributed by atoms with E-state index in [4.69, 9.17) is 23.8 Å². The van der Waals surface area contributed by atoms with E-state index in [2.05, 4.69) is 31.7 Å². The summed E-state index contributed by atoms with van der Waals surface area (Å²) in [5, 5.41) is 12.0. The highest BCUT2D eigenvalue weighted by Crippen LogP contribution is 2.23. The molecule has 1 aromatic heterocycles. The Morgan fingerprint density at radius 3 is 2.76 bits per heavy atom. The van der Waals surface area contributed by atoms with E-state index in [1.807, 2.05) is 66.3 Å². The molecule has 0 saturated heterocycles. The van der Waals surface area contributed by atoms with Crippen molar-refractivity contribution in [2.45, 2.75) is 13.5 Å². The monoisotopic (exact) mass is 434 g/mol. The fraction of sp³-hybridized carbons (Fsp3) is 0.111. The van der Waals surface area contributed by atoms with Crippen LogP contribution >= 0.6 is 39.7 Å². The highest BCUT2D eigenvalue weighted by molar-refractivity contribution is 9.10. The molecule has 0 atom stereocenters. The normalized spacial score (nSPS) is 10.5. The molecule has 0 aliphatic carbocycles. The molecule has 128 valence electrons. The largest absolute Gasteiger partial charge is 0.332 e. The number of rotatable bonds is 4. The first-order valence-corrected chi connectivity index (χ1v) is 9.20. The molecule has 0 radical (unpaired) electrons. The van der Waals surface area contributed by atoms with E-state index in [1.165, 1.54) is 0 Å². The topological polar surface area (TPSA) is 41.9 Å². The number of halogens is 2. The van der Waals surface area contributed by atoms with Gasteiger partial charge in [-0.2, -0.15) is 5.10 Å². The van der Waals surface area contributed by atoms with Crippen molar-refractivity contribution in [2.75, 3.05) is 10.6 Å². The van der Waals surface area contributed by atoms with Crippen LogP contribution in [0.1, 0.15) is 11.1 Å². The van der Waals surface area contributed by atoms with Gasteiger partial charge in [0.2, 0.25) is 0 Å². The molecule has 0 aliphatic heterocycles. The Hall–Kier alpha value is -1.89. The van der Waals surface area contributed by atoms with Gasteiger partial charge in [-0.3, -0.25) is 4.68 Å². The second-order valence-corrected chi connectivity index (χ2v) is 7.23. The van der Waals surface area contributed by atoms with Crippen LogP contribution < -0.4 is 10.6 Å². The average Bonchev–Trinajstić information content (AvgIpc) is 2.89. The molecule has 0 aliphatic rings. The second kappa shape index (κ2) is 7.99. The summed E-state index contributed by atoms with van der Waals surface area (Å²) in [6.07, 6.45) is 1.89. The highest BCUT2D eigenvalue weighted by Gasteiger charge is 2.10. The number of aromatic nitrogens is 2. The summed E-state index contributed by atoms with van der Waals surface area (Å²) in [4.78, 5) is 0. The summed E-state index contributed by atoms with van der Waals surface area (Å²) in [6.45, 7) is 2.62. The molecule has 0 saturated carbocycles. The Bertz CT molecular complexity index is 910. The molecule has 7 heteroatoms. The van der Waals surface area contributed by atoms with E-state index < -0.39 is 0 Å². The third kappa shape index (κ3) is 4.81. The van der Waals surface area contributed by atoms with Crippen LogP contribution in [-0.2, 0) is 6.54 Å². The lowest BCUT2D eigenvalue weighted by atomic mass is 10.2. The average molecular weight is 436 g/mol. The zero-order valence-corrected chi connectivity index (χ0v) is 16.6. The molecule has 2 N–H and O–H groups in total. The minimum absolute atomic E-state index is 0.481. The van der Waals surface area contributed by atoms with E-state index in [9.17, 15) is 0 Å². The Morgan fingerprint density at radius 1 is 1.20 bits per heavy atom. The van der Waals surface area contributed by atoms with Gasteiger partial charge in [0.25, 0.3) is 0 Å². The van der Waals surface area contributed by atoms with Crippen molar-refractivity contribution < 1.29 is 0 Å². The molecule has 2 aromatic carbocycles. The molecule has 3 rings (SSSR count). The molecule has 25 heavy (non-hydrogen) atoms. The predicted molar refractivity (Wildman–Crippen MR) is 112 cm³/mol. The lowest BCUT2D eigenvalue weighted by molar-refractivity contribution is 0.690. The summed E-state index contributed by atoms with van der Waals surface area (Å²) in [5.74, 6) is 0.650. The second-order valence-electron chi connectivity index (χ2n) is 5.56. The number of anilines is 2. The molecular formula is C18H16BrClN4S. The highest BCUT2D eigenvalue weighted by atomic mass is 79.9. The first-order chi connectivity index (χ1) is 12.0. The third-order valence-electron chi connectivity index (χ3n) is 3.52. The van der Waals surface area contributed by atoms with E-state index in [0.717, 1.165) is 26.3 Å². The summed E-state index contributed by atoms with van der Waals surface area (Å²) in [6, 6.07) is 15.7. The number of nitrogens with one attached hydrogen (secondary N) is 2. The maximum atomic E-state index is 6.21. The van der Waals surface area contributed by atoms with E-state index in [-0.39, 0.29) is 0 Å². The van der Waals surface area contributed by atoms with Crippen LogP contribution in [0, 0.1) is 6.92 Å². The van der Waals surface area contributed by atoms with Gasteiger partial charge in [0, 0.05) is 16.9 Å². The molecule has 1 heterocycles. The van der Waals surface area contributed by atoms with Crippen LogP contribution in [0.2, 0.25) is 5.02 Å².